The fraction of sp³-hybridized carbons (Fsp3) is 0.632. The van der Waals surface area contributed by atoms with Crippen molar-refractivity contribution in [2.24, 2.45) is 0 Å². The van der Waals surface area contributed by atoms with E-state index in [-0.39, 0.29) is 5.97 Å². The van der Waals surface area contributed by atoms with Gasteiger partial charge < -0.3 is 9.47 Å². The number of esters is 1. The number of carbonyl (C=O) groups is 1. The van der Waals surface area contributed by atoms with Gasteiger partial charge >= 0.3 is 5.97 Å². The third-order valence-corrected chi connectivity index (χ3v) is 3.77. The number of hydrogen-bond acceptors (Lipinski definition) is 3. The van der Waals surface area contributed by atoms with Gasteiger partial charge in [0.1, 0.15) is 5.75 Å². The Morgan fingerprint density at radius 1 is 0.909 bits per heavy atom. The number of benzene rings is 1. The van der Waals surface area contributed by atoms with Crippen LogP contribution in [0.1, 0.15) is 63.9 Å². The summed E-state index contributed by atoms with van der Waals surface area (Å²) in [5, 5.41) is 0. The topological polar surface area (TPSA) is 35.5 Å². The predicted molar refractivity (Wildman–Crippen MR) is 90.3 cm³/mol. The van der Waals surface area contributed by atoms with Gasteiger partial charge in [0.15, 0.2) is 0 Å². The van der Waals surface area contributed by atoms with Gasteiger partial charge in [0.2, 0.25) is 0 Å². The summed E-state index contributed by atoms with van der Waals surface area (Å²) in [5.74, 6) is 0.657. The fourth-order valence-electron chi connectivity index (χ4n) is 2.37. The third kappa shape index (κ3) is 8.71. The minimum Gasteiger partial charge on any atom is -0.494 e. The van der Waals surface area contributed by atoms with E-state index in [1.807, 2.05) is 24.3 Å². The standard InChI is InChI=1S/C19H30O3/c1-3-4-5-6-7-8-9-10-15-22-18-13-11-17(12-14-18)16-19(20)21-2/h11-14H,3-10,15-16H2,1-2H3. The second-order valence-corrected chi connectivity index (χ2v) is 5.72. The number of rotatable bonds is 12. The van der Waals surface area contributed by atoms with Gasteiger partial charge in [-0.15, -0.1) is 0 Å². The largest absolute Gasteiger partial charge is 0.494 e. The molecule has 0 N–H and O–H groups in total. The van der Waals surface area contributed by atoms with Crippen LogP contribution in [0.3, 0.4) is 0 Å². The Morgan fingerprint density at radius 2 is 1.50 bits per heavy atom. The lowest BCUT2D eigenvalue weighted by Gasteiger charge is -2.07. The van der Waals surface area contributed by atoms with E-state index in [4.69, 9.17) is 4.74 Å². The zero-order valence-corrected chi connectivity index (χ0v) is 14.1. The molecule has 0 aliphatic heterocycles. The van der Waals surface area contributed by atoms with Crippen LogP contribution in [0.25, 0.3) is 0 Å². The molecule has 22 heavy (non-hydrogen) atoms. The highest BCUT2D eigenvalue weighted by atomic mass is 16.5. The molecule has 0 aliphatic rings. The molecule has 0 aromatic heterocycles. The van der Waals surface area contributed by atoms with E-state index in [9.17, 15) is 4.79 Å². The Balaban J connectivity index is 2.06. The molecule has 3 nitrogen and oxygen atoms in total. The van der Waals surface area contributed by atoms with Crippen LogP contribution in [0, 0.1) is 0 Å². The fourth-order valence-corrected chi connectivity index (χ4v) is 2.37. The first-order valence-corrected chi connectivity index (χ1v) is 8.54. The van der Waals surface area contributed by atoms with Crippen molar-refractivity contribution in [2.75, 3.05) is 13.7 Å². The second kappa shape index (κ2) is 12.1. The highest BCUT2D eigenvalue weighted by Crippen LogP contribution is 2.14. The summed E-state index contributed by atoms with van der Waals surface area (Å²) in [6, 6.07) is 7.67. The Kier molecular flexibility index (Phi) is 10.2. The average molecular weight is 306 g/mol. The zero-order valence-electron chi connectivity index (χ0n) is 14.1. The van der Waals surface area contributed by atoms with Gasteiger partial charge in [-0.2, -0.15) is 0 Å². The average Bonchev–Trinajstić information content (AvgIpc) is 2.54. The molecule has 0 heterocycles. The Bertz CT molecular complexity index is 398. The molecule has 1 aromatic carbocycles. The molecule has 3 heteroatoms. The van der Waals surface area contributed by atoms with Gasteiger partial charge in [-0.05, 0) is 24.1 Å². The van der Waals surface area contributed by atoms with Crippen LogP contribution in [-0.2, 0) is 16.0 Å². The highest BCUT2D eigenvalue weighted by Gasteiger charge is 2.02. The van der Waals surface area contributed by atoms with Gasteiger partial charge in [0.05, 0.1) is 20.1 Å². The maximum atomic E-state index is 11.2. The molecule has 0 atom stereocenters. The van der Waals surface area contributed by atoms with Gasteiger partial charge in [-0.1, -0.05) is 64.0 Å². The van der Waals surface area contributed by atoms with Crippen LogP contribution in [-0.4, -0.2) is 19.7 Å². The first kappa shape index (κ1) is 18.5. The lowest BCUT2D eigenvalue weighted by Crippen LogP contribution is -2.04. The van der Waals surface area contributed by atoms with E-state index in [1.54, 1.807) is 0 Å². The Morgan fingerprint density at radius 3 is 2.09 bits per heavy atom. The van der Waals surface area contributed by atoms with E-state index in [0.29, 0.717) is 6.42 Å². The van der Waals surface area contributed by atoms with E-state index in [0.717, 1.165) is 24.3 Å². The van der Waals surface area contributed by atoms with Crippen molar-refractivity contribution in [2.45, 2.75) is 64.7 Å². The van der Waals surface area contributed by atoms with Gasteiger partial charge in [-0.3, -0.25) is 4.79 Å². The molecular formula is C19H30O3. The van der Waals surface area contributed by atoms with Gasteiger partial charge in [0, 0.05) is 0 Å². The molecule has 0 bridgehead atoms. The highest BCUT2D eigenvalue weighted by molar-refractivity contribution is 5.72. The van der Waals surface area contributed by atoms with E-state index < -0.39 is 0 Å². The molecule has 0 saturated carbocycles. The smallest absolute Gasteiger partial charge is 0.309 e. The number of methoxy groups -OCH3 is 1. The summed E-state index contributed by atoms with van der Waals surface area (Å²) in [5.41, 5.74) is 0.950. The van der Waals surface area contributed by atoms with Crippen molar-refractivity contribution in [1.82, 2.24) is 0 Å². The quantitative estimate of drug-likeness (QED) is 0.406. The molecule has 0 spiro atoms. The molecule has 0 saturated heterocycles. The van der Waals surface area contributed by atoms with E-state index in [2.05, 4.69) is 11.7 Å². The van der Waals surface area contributed by atoms with Crippen LogP contribution in [0.5, 0.6) is 5.75 Å². The van der Waals surface area contributed by atoms with Gasteiger partial charge in [-0.25, -0.2) is 0 Å². The molecular weight excluding hydrogens is 276 g/mol. The van der Waals surface area contributed by atoms with E-state index in [1.165, 1.54) is 52.1 Å². The van der Waals surface area contributed by atoms with Crippen molar-refractivity contribution >= 4 is 5.97 Å². The van der Waals surface area contributed by atoms with Gasteiger partial charge in [0.25, 0.3) is 0 Å². The monoisotopic (exact) mass is 306 g/mol. The lowest BCUT2D eigenvalue weighted by molar-refractivity contribution is -0.139. The summed E-state index contributed by atoms with van der Waals surface area (Å²) in [4.78, 5) is 11.2. The molecule has 0 aliphatic carbocycles. The molecule has 0 amide bonds. The lowest BCUT2D eigenvalue weighted by atomic mass is 10.1. The first-order valence-electron chi connectivity index (χ1n) is 8.54. The zero-order chi connectivity index (χ0) is 16.0. The van der Waals surface area contributed by atoms with Crippen molar-refractivity contribution < 1.29 is 14.3 Å². The maximum absolute atomic E-state index is 11.2. The second-order valence-electron chi connectivity index (χ2n) is 5.72. The molecule has 0 unspecified atom stereocenters. The van der Waals surface area contributed by atoms with Crippen molar-refractivity contribution in [3.8, 4) is 5.75 Å². The van der Waals surface area contributed by atoms with Crippen molar-refractivity contribution in [1.29, 1.82) is 0 Å². The summed E-state index contributed by atoms with van der Waals surface area (Å²) in [6.07, 6.45) is 10.8. The number of carbonyl (C=O) groups excluding carboxylic acids is 1. The minimum atomic E-state index is -0.215. The Hall–Kier alpha value is -1.51. The summed E-state index contributed by atoms with van der Waals surface area (Å²) < 4.78 is 10.4. The van der Waals surface area contributed by atoms with Crippen LogP contribution >= 0.6 is 0 Å². The van der Waals surface area contributed by atoms with Crippen molar-refractivity contribution in [3.05, 3.63) is 29.8 Å². The minimum absolute atomic E-state index is 0.215. The third-order valence-electron chi connectivity index (χ3n) is 3.77. The summed E-state index contributed by atoms with van der Waals surface area (Å²) in [6.45, 7) is 3.02. The summed E-state index contributed by atoms with van der Waals surface area (Å²) in [7, 11) is 1.41. The molecule has 0 radical (unpaired) electrons. The molecule has 1 rings (SSSR count). The normalized spacial score (nSPS) is 10.5. The molecule has 0 fully saturated rings. The van der Waals surface area contributed by atoms with Crippen LogP contribution in [0.2, 0.25) is 0 Å². The van der Waals surface area contributed by atoms with Crippen LogP contribution < -0.4 is 4.74 Å². The van der Waals surface area contributed by atoms with Crippen LogP contribution in [0.4, 0.5) is 0 Å². The van der Waals surface area contributed by atoms with Crippen LogP contribution in [0.15, 0.2) is 24.3 Å². The molecule has 1 aromatic rings. The summed E-state index contributed by atoms with van der Waals surface area (Å²) >= 11 is 0. The first-order chi connectivity index (χ1) is 10.8. The molecule has 124 valence electrons. The maximum Gasteiger partial charge on any atom is 0.309 e. The van der Waals surface area contributed by atoms with Crippen molar-refractivity contribution in [3.63, 3.8) is 0 Å². The van der Waals surface area contributed by atoms with E-state index >= 15 is 0 Å². The number of hydrogen-bond donors (Lipinski definition) is 0. The Labute approximate surface area is 135 Å². The number of ether oxygens (including phenoxy) is 2. The SMILES string of the molecule is CCCCCCCCCCOc1ccc(CC(=O)OC)cc1. The predicted octanol–water partition coefficient (Wildman–Crippen LogP) is 4.92. The number of unbranched alkanes of at least 4 members (excludes halogenated alkanes) is 7.